The molecule has 0 aliphatic rings. The molecule has 2 aromatic carbocycles. The molecule has 0 aromatic heterocycles. The van der Waals surface area contributed by atoms with Gasteiger partial charge in [0.2, 0.25) is 0 Å². The molecule has 1 unspecified atom stereocenters. The second-order valence-corrected chi connectivity index (χ2v) is 4.71. The van der Waals surface area contributed by atoms with Crippen LogP contribution in [0.2, 0.25) is 5.02 Å². The lowest BCUT2D eigenvalue weighted by Crippen LogP contribution is -2.30. The third-order valence-corrected chi connectivity index (χ3v) is 3.36. The third-order valence-electron chi connectivity index (χ3n) is 2.99. The molecule has 1 atom stereocenters. The summed E-state index contributed by atoms with van der Waals surface area (Å²) in [6.07, 6.45) is 0.132. The van der Waals surface area contributed by atoms with Gasteiger partial charge in [-0.15, -0.1) is 0 Å². The molecule has 2 rings (SSSR count). The third kappa shape index (κ3) is 3.12. The van der Waals surface area contributed by atoms with E-state index in [9.17, 15) is 13.2 Å². The SMILES string of the molecule is NNC(Cc1cc(F)ccc1Cl)c1cccc(F)c1F. The lowest BCUT2D eigenvalue weighted by molar-refractivity contribution is 0.464. The van der Waals surface area contributed by atoms with Gasteiger partial charge in [0.25, 0.3) is 0 Å². The first-order valence-electron chi connectivity index (χ1n) is 5.87. The summed E-state index contributed by atoms with van der Waals surface area (Å²) in [6.45, 7) is 0. The zero-order valence-electron chi connectivity index (χ0n) is 10.3. The lowest BCUT2D eigenvalue weighted by atomic mass is 9.98. The van der Waals surface area contributed by atoms with Crippen molar-refractivity contribution in [1.82, 2.24) is 5.43 Å². The Morgan fingerprint density at radius 3 is 2.60 bits per heavy atom. The minimum atomic E-state index is -0.983. The van der Waals surface area contributed by atoms with Crippen LogP contribution in [0.15, 0.2) is 36.4 Å². The van der Waals surface area contributed by atoms with Gasteiger partial charge in [0, 0.05) is 10.6 Å². The Morgan fingerprint density at radius 1 is 1.15 bits per heavy atom. The van der Waals surface area contributed by atoms with Crippen molar-refractivity contribution < 1.29 is 13.2 Å². The summed E-state index contributed by atoms with van der Waals surface area (Å²) in [5.74, 6) is 2.98. The minimum absolute atomic E-state index is 0.0628. The van der Waals surface area contributed by atoms with Crippen LogP contribution in [0.5, 0.6) is 0 Å². The second-order valence-electron chi connectivity index (χ2n) is 4.30. The van der Waals surface area contributed by atoms with Crippen LogP contribution in [0, 0.1) is 17.5 Å². The molecular weight excluding hydrogens is 289 g/mol. The lowest BCUT2D eigenvalue weighted by Gasteiger charge is -2.18. The minimum Gasteiger partial charge on any atom is -0.271 e. The molecule has 0 spiro atoms. The first kappa shape index (κ1) is 14.8. The number of hydrogen-bond donors (Lipinski definition) is 2. The molecule has 2 aromatic rings. The normalized spacial score (nSPS) is 12.4. The Morgan fingerprint density at radius 2 is 1.90 bits per heavy atom. The molecule has 0 radical (unpaired) electrons. The second kappa shape index (κ2) is 6.26. The van der Waals surface area contributed by atoms with E-state index in [1.807, 2.05) is 0 Å². The van der Waals surface area contributed by atoms with Crippen molar-refractivity contribution in [1.29, 1.82) is 0 Å². The van der Waals surface area contributed by atoms with E-state index < -0.39 is 23.5 Å². The molecule has 106 valence electrons. The van der Waals surface area contributed by atoms with Gasteiger partial charge in [0.15, 0.2) is 11.6 Å². The zero-order chi connectivity index (χ0) is 14.7. The highest BCUT2D eigenvalue weighted by Crippen LogP contribution is 2.26. The van der Waals surface area contributed by atoms with Crippen molar-refractivity contribution in [2.24, 2.45) is 5.84 Å². The number of hydrogen-bond acceptors (Lipinski definition) is 2. The van der Waals surface area contributed by atoms with Gasteiger partial charge in [0.1, 0.15) is 5.82 Å². The van der Waals surface area contributed by atoms with E-state index in [0.717, 1.165) is 6.07 Å². The summed E-state index contributed by atoms with van der Waals surface area (Å²) in [4.78, 5) is 0. The van der Waals surface area contributed by atoms with Crippen LogP contribution in [0.4, 0.5) is 13.2 Å². The van der Waals surface area contributed by atoms with Gasteiger partial charge in [-0.2, -0.15) is 0 Å². The molecule has 0 amide bonds. The zero-order valence-corrected chi connectivity index (χ0v) is 11.1. The Kier molecular flexibility index (Phi) is 4.65. The van der Waals surface area contributed by atoms with Crippen LogP contribution >= 0.6 is 11.6 Å². The fourth-order valence-corrected chi connectivity index (χ4v) is 2.16. The molecule has 0 aliphatic carbocycles. The molecular formula is C14H12ClF3N2. The molecule has 0 aliphatic heterocycles. The van der Waals surface area contributed by atoms with Crippen molar-refractivity contribution in [3.63, 3.8) is 0 Å². The number of rotatable bonds is 4. The maximum Gasteiger partial charge on any atom is 0.163 e. The smallest absolute Gasteiger partial charge is 0.163 e. The van der Waals surface area contributed by atoms with Gasteiger partial charge in [-0.25, -0.2) is 13.2 Å². The number of nitrogens with two attached hydrogens (primary N) is 1. The van der Waals surface area contributed by atoms with Gasteiger partial charge in [-0.1, -0.05) is 23.7 Å². The highest BCUT2D eigenvalue weighted by atomic mass is 35.5. The van der Waals surface area contributed by atoms with E-state index in [0.29, 0.717) is 10.6 Å². The van der Waals surface area contributed by atoms with Gasteiger partial charge in [-0.3, -0.25) is 11.3 Å². The first-order chi connectivity index (χ1) is 9.52. The summed E-state index contributed by atoms with van der Waals surface area (Å²) in [5, 5.41) is 0.337. The van der Waals surface area contributed by atoms with E-state index in [1.54, 1.807) is 0 Å². The van der Waals surface area contributed by atoms with E-state index in [4.69, 9.17) is 17.4 Å². The molecule has 2 nitrogen and oxygen atoms in total. The molecule has 0 bridgehead atoms. The molecule has 20 heavy (non-hydrogen) atoms. The quantitative estimate of drug-likeness (QED) is 0.670. The number of benzene rings is 2. The summed E-state index contributed by atoms with van der Waals surface area (Å²) in [5.41, 5.74) is 2.91. The van der Waals surface area contributed by atoms with Crippen molar-refractivity contribution >= 4 is 11.6 Å². The standard InChI is InChI=1S/C14H12ClF3N2/c15-11-5-4-9(16)6-8(11)7-13(20-19)10-2-1-3-12(17)14(10)18/h1-6,13,20H,7,19H2. The van der Waals surface area contributed by atoms with E-state index >= 15 is 0 Å². The fraction of sp³-hybridized carbons (Fsp3) is 0.143. The van der Waals surface area contributed by atoms with Gasteiger partial charge >= 0.3 is 0 Å². The van der Waals surface area contributed by atoms with Crippen LogP contribution in [0.1, 0.15) is 17.2 Å². The number of nitrogens with one attached hydrogen (secondary N) is 1. The summed E-state index contributed by atoms with van der Waals surface area (Å²) < 4.78 is 40.2. The Bertz CT molecular complexity index is 619. The van der Waals surface area contributed by atoms with Crippen molar-refractivity contribution in [3.8, 4) is 0 Å². The van der Waals surface area contributed by atoms with E-state index in [-0.39, 0.29) is 12.0 Å². The highest BCUT2D eigenvalue weighted by Gasteiger charge is 2.19. The summed E-state index contributed by atoms with van der Waals surface area (Å²) in [6, 6.07) is 6.96. The Balaban J connectivity index is 2.34. The maximum atomic E-state index is 13.7. The summed E-state index contributed by atoms with van der Waals surface area (Å²) >= 11 is 5.95. The Labute approximate surface area is 119 Å². The van der Waals surface area contributed by atoms with Crippen LogP contribution in [-0.4, -0.2) is 0 Å². The highest BCUT2D eigenvalue weighted by molar-refractivity contribution is 6.31. The average molecular weight is 301 g/mol. The monoisotopic (exact) mass is 300 g/mol. The van der Waals surface area contributed by atoms with Crippen molar-refractivity contribution in [2.75, 3.05) is 0 Å². The van der Waals surface area contributed by atoms with Crippen molar-refractivity contribution in [2.45, 2.75) is 12.5 Å². The molecule has 6 heteroatoms. The molecule has 0 fully saturated rings. The van der Waals surface area contributed by atoms with E-state index in [2.05, 4.69) is 5.43 Å². The molecule has 0 saturated heterocycles. The fourth-order valence-electron chi connectivity index (χ4n) is 1.97. The van der Waals surface area contributed by atoms with Crippen LogP contribution in [-0.2, 0) is 6.42 Å². The van der Waals surface area contributed by atoms with E-state index in [1.165, 1.54) is 30.3 Å². The number of halogens is 4. The first-order valence-corrected chi connectivity index (χ1v) is 6.24. The van der Waals surface area contributed by atoms with Gasteiger partial charge in [0.05, 0.1) is 6.04 Å². The van der Waals surface area contributed by atoms with Gasteiger partial charge in [-0.05, 0) is 36.2 Å². The number of hydrazine groups is 1. The topological polar surface area (TPSA) is 38.0 Å². The largest absolute Gasteiger partial charge is 0.271 e. The predicted molar refractivity (Wildman–Crippen MR) is 71.5 cm³/mol. The van der Waals surface area contributed by atoms with Gasteiger partial charge < -0.3 is 0 Å². The Hall–Kier alpha value is -1.56. The summed E-state index contributed by atoms with van der Waals surface area (Å²) in [7, 11) is 0. The van der Waals surface area contributed by atoms with Crippen LogP contribution < -0.4 is 11.3 Å². The average Bonchev–Trinajstić information content (AvgIpc) is 2.43. The molecule has 3 N–H and O–H groups in total. The molecule has 0 heterocycles. The maximum absolute atomic E-state index is 13.7. The van der Waals surface area contributed by atoms with Crippen molar-refractivity contribution in [3.05, 3.63) is 70.0 Å². The van der Waals surface area contributed by atoms with Crippen LogP contribution in [0.3, 0.4) is 0 Å². The predicted octanol–water partition coefficient (Wildman–Crippen LogP) is 3.50. The molecule has 0 saturated carbocycles. The van der Waals surface area contributed by atoms with Crippen LogP contribution in [0.25, 0.3) is 0 Å².